The van der Waals surface area contributed by atoms with Crippen LogP contribution in [0.2, 0.25) is 0 Å². The molecule has 0 fully saturated rings. The summed E-state index contributed by atoms with van der Waals surface area (Å²) in [5.74, 6) is 0.266. The van der Waals surface area contributed by atoms with Gasteiger partial charge in [0, 0.05) is 12.1 Å². The standard InChI is InChI=1S/C11H14N2O2/c1-7(2)13-10-4-3-8(14)5-9(10)12-6-11(13)15/h3-5,7,12,14H,6H2,1-2H3. The van der Waals surface area contributed by atoms with Gasteiger partial charge < -0.3 is 15.3 Å². The summed E-state index contributed by atoms with van der Waals surface area (Å²) in [6, 6.07) is 5.11. The second-order valence-corrected chi connectivity index (χ2v) is 3.91. The molecule has 0 radical (unpaired) electrons. The smallest absolute Gasteiger partial charge is 0.246 e. The van der Waals surface area contributed by atoms with Crippen molar-refractivity contribution in [1.82, 2.24) is 0 Å². The van der Waals surface area contributed by atoms with Gasteiger partial charge in [-0.25, -0.2) is 0 Å². The van der Waals surface area contributed by atoms with Crippen LogP contribution in [0.25, 0.3) is 0 Å². The summed E-state index contributed by atoms with van der Waals surface area (Å²) in [6.07, 6.45) is 0. The zero-order chi connectivity index (χ0) is 11.0. The Morgan fingerprint density at radius 1 is 1.47 bits per heavy atom. The Hall–Kier alpha value is -1.71. The lowest BCUT2D eigenvalue weighted by molar-refractivity contribution is -0.117. The van der Waals surface area contributed by atoms with E-state index < -0.39 is 0 Å². The molecule has 15 heavy (non-hydrogen) atoms. The second-order valence-electron chi connectivity index (χ2n) is 3.91. The molecule has 1 aromatic carbocycles. The Bertz CT molecular complexity index is 402. The Morgan fingerprint density at radius 2 is 2.20 bits per heavy atom. The van der Waals surface area contributed by atoms with Crippen LogP contribution in [0.5, 0.6) is 5.75 Å². The number of rotatable bonds is 1. The lowest BCUT2D eigenvalue weighted by Gasteiger charge is -2.33. The average molecular weight is 206 g/mol. The number of phenolic OH excluding ortho intramolecular Hbond substituents is 1. The Balaban J connectivity index is 2.48. The normalized spacial score (nSPS) is 15.1. The lowest BCUT2D eigenvalue weighted by atomic mass is 10.1. The van der Waals surface area contributed by atoms with Crippen molar-refractivity contribution < 1.29 is 9.90 Å². The van der Waals surface area contributed by atoms with Gasteiger partial charge in [0.15, 0.2) is 0 Å². The third-order valence-electron chi connectivity index (χ3n) is 2.45. The maximum atomic E-state index is 11.7. The summed E-state index contributed by atoms with van der Waals surface area (Å²) >= 11 is 0. The van der Waals surface area contributed by atoms with Gasteiger partial charge in [-0.3, -0.25) is 4.79 Å². The molecule has 1 aliphatic rings. The van der Waals surface area contributed by atoms with Gasteiger partial charge in [-0.15, -0.1) is 0 Å². The monoisotopic (exact) mass is 206 g/mol. The van der Waals surface area contributed by atoms with E-state index in [9.17, 15) is 9.90 Å². The fraction of sp³-hybridized carbons (Fsp3) is 0.364. The van der Waals surface area contributed by atoms with Crippen molar-refractivity contribution in [2.75, 3.05) is 16.8 Å². The van der Waals surface area contributed by atoms with Crippen LogP contribution < -0.4 is 10.2 Å². The molecule has 0 atom stereocenters. The summed E-state index contributed by atoms with van der Waals surface area (Å²) in [5.41, 5.74) is 1.64. The number of nitrogens with zero attached hydrogens (tertiary/aromatic N) is 1. The summed E-state index contributed by atoms with van der Waals surface area (Å²) in [7, 11) is 0. The van der Waals surface area contributed by atoms with E-state index in [1.807, 2.05) is 13.8 Å². The SMILES string of the molecule is CC(C)N1C(=O)CNc2cc(O)ccc21. The van der Waals surface area contributed by atoms with Crippen LogP contribution in [0, 0.1) is 0 Å². The van der Waals surface area contributed by atoms with E-state index >= 15 is 0 Å². The zero-order valence-electron chi connectivity index (χ0n) is 8.82. The molecular formula is C11H14N2O2. The van der Waals surface area contributed by atoms with E-state index in [4.69, 9.17) is 0 Å². The molecule has 0 saturated carbocycles. The van der Waals surface area contributed by atoms with Crippen molar-refractivity contribution >= 4 is 17.3 Å². The fourth-order valence-corrected chi connectivity index (χ4v) is 1.83. The van der Waals surface area contributed by atoms with Gasteiger partial charge in [-0.05, 0) is 26.0 Å². The first-order valence-corrected chi connectivity index (χ1v) is 4.98. The molecule has 4 heteroatoms. The molecule has 0 saturated heterocycles. The molecule has 0 aromatic heterocycles. The first-order chi connectivity index (χ1) is 7.09. The maximum Gasteiger partial charge on any atom is 0.246 e. The zero-order valence-corrected chi connectivity index (χ0v) is 8.82. The number of hydrogen-bond donors (Lipinski definition) is 2. The molecule has 1 aliphatic heterocycles. The number of fused-ring (bicyclic) bond motifs is 1. The highest BCUT2D eigenvalue weighted by Crippen LogP contribution is 2.33. The van der Waals surface area contributed by atoms with E-state index in [2.05, 4.69) is 5.32 Å². The minimum atomic E-state index is 0.0585. The summed E-state index contributed by atoms with van der Waals surface area (Å²) < 4.78 is 0. The van der Waals surface area contributed by atoms with Crippen LogP contribution in [0.3, 0.4) is 0 Å². The molecule has 0 spiro atoms. The van der Waals surface area contributed by atoms with E-state index in [1.165, 1.54) is 0 Å². The van der Waals surface area contributed by atoms with Gasteiger partial charge in [0.25, 0.3) is 0 Å². The van der Waals surface area contributed by atoms with Gasteiger partial charge in [-0.2, -0.15) is 0 Å². The molecule has 1 amide bonds. The molecule has 0 unspecified atom stereocenters. The number of carbonyl (C=O) groups is 1. The van der Waals surface area contributed by atoms with E-state index in [0.717, 1.165) is 11.4 Å². The predicted molar refractivity (Wildman–Crippen MR) is 59.2 cm³/mol. The molecule has 0 aliphatic carbocycles. The van der Waals surface area contributed by atoms with Crippen molar-refractivity contribution in [3.8, 4) is 5.75 Å². The van der Waals surface area contributed by atoms with Gasteiger partial charge >= 0.3 is 0 Å². The van der Waals surface area contributed by atoms with Gasteiger partial charge in [0.2, 0.25) is 5.91 Å². The van der Waals surface area contributed by atoms with Crippen LogP contribution in [-0.4, -0.2) is 23.6 Å². The Kier molecular flexibility index (Phi) is 2.26. The fourth-order valence-electron chi connectivity index (χ4n) is 1.83. The Labute approximate surface area is 88.5 Å². The largest absolute Gasteiger partial charge is 0.508 e. The maximum absolute atomic E-state index is 11.7. The summed E-state index contributed by atoms with van der Waals surface area (Å²) in [4.78, 5) is 13.4. The molecule has 4 nitrogen and oxygen atoms in total. The number of amides is 1. The number of benzene rings is 1. The molecule has 2 N–H and O–H groups in total. The Morgan fingerprint density at radius 3 is 2.87 bits per heavy atom. The first kappa shape index (κ1) is 9.83. The van der Waals surface area contributed by atoms with Crippen LogP contribution in [0.4, 0.5) is 11.4 Å². The quantitative estimate of drug-likeness (QED) is 0.733. The second kappa shape index (κ2) is 3.46. The topological polar surface area (TPSA) is 52.6 Å². The van der Waals surface area contributed by atoms with E-state index in [1.54, 1.807) is 23.1 Å². The van der Waals surface area contributed by atoms with Gasteiger partial charge in [0.05, 0.1) is 17.9 Å². The van der Waals surface area contributed by atoms with Crippen molar-refractivity contribution in [3.05, 3.63) is 18.2 Å². The number of anilines is 2. The first-order valence-electron chi connectivity index (χ1n) is 4.98. The number of nitrogens with one attached hydrogen (secondary N) is 1. The van der Waals surface area contributed by atoms with Gasteiger partial charge in [-0.1, -0.05) is 0 Å². The minimum Gasteiger partial charge on any atom is -0.508 e. The summed E-state index contributed by atoms with van der Waals surface area (Å²) in [5, 5.41) is 12.3. The third kappa shape index (κ3) is 1.63. The molecule has 1 aromatic rings. The lowest BCUT2D eigenvalue weighted by Crippen LogP contribution is -2.44. The predicted octanol–water partition coefficient (Wildman–Crippen LogP) is 1.56. The van der Waals surface area contributed by atoms with Crippen LogP contribution in [-0.2, 0) is 4.79 Å². The van der Waals surface area contributed by atoms with Crippen molar-refractivity contribution in [1.29, 1.82) is 0 Å². The molecule has 0 bridgehead atoms. The van der Waals surface area contributed by atoms with Crippen LogP contribution in [0.15, 0.2) is 18.2 Å². The highest BCUT2D eigenvalue weighted by atomic mass is 16.3. The van der Waals surface area contributed by atoms with Crippen LogP contribution in [0.1, 0.15) is 13.8 Å². The van der Waals surface area contributed by atoms with E-state index in [-0.39, 0.29) is 24.2 Å². The number of carbonyl (C=O) groups excluding carboxylic acids is 1. The highest BCUT2D eigenvalue weighted by molar-refractivity contribution is 6.03. The molecule has 2 rings (SSSR count). The number of aromatic hydroxyl groups is 1. The number of hydrogen-bond acceptors (Lipinski definition) is 3. The van der Waals surface area contributed by atoms with Crippen molar-refractivity contribution in [3.63, 3.8) is 0 Å². The summed E-state index contributed by atoms with van der Waals surface area (Å²) in [6.45, 7) is 4.23. The van der Waals surface area contributed by atoms with Gasteiger partial charge in [0.1, 0.15) is 5.75 Å². The van der Waals surface area contributed by atoms with Crippen molar-refractivity contribution in [2.24, 2.45) is 0 Å². The van der Waals surface area contributed by atoms with Crippen molar-refractivity contribution in [2.45, 2.75) is 19.9 Å². The average Bonchev–Trinajstić information content (AvgIpc) is 2.17. The highest BCUT2D eigenvalue weighted by Gasteiger charge is 2.25. The third-order valence-corrected chi connectivity index (χ3v) is 2.45. The molecular weight excluding hydrogens is 192 g/mol. The molecule has 1 heterocycles. The van der Waals surface area contributed by atoms with Crippen LogP contribution >= 0.6 is 0 Å². The molecule has 80 valence electrons. The van der Waals surface area contributed by atoms with E-state index in [0.29, 0.717) is 0 Å². The minimum absolute atomic E-state index is 0.0585. The number of phenols is 1.